The number of carbonyl (C=O) groups is 2. The van der Waals surface area contributed by atoms with Gasteiger partial charge in [0.2, 0.25) is 5.91 Å². The fraction of sp³-hybridized carbons (Fsp3) is 0.481. The Morgan fingerprint density at radius 2 is 1.52 bits per heavy atom. The molecule has 0 saturated carbocycles. The van der Waals surface area contributed by atoms with Gasteiger partial charge in [-0.15, -0.1) is 0 Å². The van der Waals surface area contributed by atoms with Gasteiger partial charge in [0, 0.05) is 19.6 Å². The zero-order valence-corrected chi connectivity index (χ0v) is 19.6. The fourth-order valence-corrected chi connectivity index (χ4v) is 4.69. The number of hydrogen-bond acceptors (Lipinski definition) is 5. The lowest BCUT2D eigenvalue weighted by Gasteiger charge is -2.35. The van der Waals surface area contributed by atoms with E-state index in [4.69, 9.17) is 5.11 Å². The third-order valence-electron chi connectivity index (χ3n) is 6.53. The Hall–Kier alpha value is -2.70. The van der Waals surface area contributed by atoms with E-state index in [0.717, 1.165) is 58.3 Å². The summed E-state index contributed by atoms with van der Waals surface area (Å²) in [5, 5.41) is 7.86. The van der Waals surface area contributed by atoms with Gasteiger partial charge in [-0.2, -0.15) is 0 Å². The standard InChI is InChI=1S/C24H30N2O.C3H6O3/c27-24(23-12-7-15-26(23)19-22-10-5-2-6-11-22)25-16-13-21(14-17-25)18-20-8-3-1-4-9-20;1-6-3(5)2-4/h1-6,8-11,21,23H,7,12-19H2;4H,2H2,1H3/t23-;/m0./s1. The lowest BCUT2D eigenvalue weighted by atomic mass is 9.90. The number of hydrogen-bond donors (Lipinski definition) is 1. The normalized spacial score (nSPS) is 19.0. The van der Waals surface area contributed by atoms with Crippen molar-refractivity contribution in [1.29, 1.82) is 0 Å². The van der Waals surface area contributed by atoms with Crippen molar-refractivity contribution in [2.45, 2.75) is 44.7 Å². The molecule has 0 spiro atoms. The lowest BCUT2D eigenvalue weighted by molar-refractivity contribution is -0.143. The maximum absolute atomic E-state index is 13.2. The topological polar surface area (TPSA) is 70.1 Å². The summed E-state index contributed by atoms with van der Waals surface area (Å²) in [6.07, 6.45) is 5.55. The molecule has 1 N–H and O–H groups in total. The van der Waals surface area contributed by atoms with E-state index in [-0.39, 0.29) is 6.04 Å². The average molecular weight is 453 g/mol. The number of carbonyl (C=O) groups excluding carboxylic acids is 2. The van der Waals surface area contributed by atoms with Gasteiger partial charge in [0.05, 0.1) is 13.2 Å². The molecule has 6 heteroatoms. The van der Waals surface area contributed by atoms with E-state index in [0.29, 0.717) is 11.8 Å². The van der Waals surface area contributed by atoms with Crippen molar-refractivity contribution in [1.82, 2.24) is 9.80 Å². The molecule has 0 aliphatic carbocycles. The van der Waals surface area contributed by atoms with Gasteiger partial charge in [-0.25, -0.2) is 4.79 Å². The highest BCUT2D eigenvalue weighted by molar-refractivity contribution is 5.82. The first kappa shape index (κ1) is 24.9. The molecule has 33 heavy (non-hydrogen) atoms. The molecule has 0 bridgehead atoms. The van der Waals surface area contributed by atoms with Crippen LogP contribution in [0.25, 0.3) is 0 Å². The van der Waals surface area contributed by atoms with E-state index in [2.05, 4.69) is 75.2 Å². The Morgan fingerprint density at radius 3 is 2.06 bits per heavy atom. The van der Waals surface area contributed by atoms with Crippen molar-refractivity contribution in [3.05, 3.63) is 71.8 Å². The first-order chi connectivity index (χ1) is 16.1. The van der Waals surface area contributed by atoms with Gasteiger partial charge in [-0.3, -0.25) is 9.69 Å². The summed E-state index contributed by atoms with van der Waals surface area (Å²) in [6.45, 7) is 3.24. The van der Waals surface area contributed by atoms with Gasteiger partial charge < -0.3 is 14.7 Å². The molecule has 1 amide bonds. The fourth-order valence-electron chi connectivity index (χ4n) is 4.69. The number of methoxy groups -OCH3 is 1. The van der Waals surface area contributed by atoms with Crippen molar-refractivity contribution < 1.29 is 19.4 Å². The number of ether oxygens (including phenoxy) is 1. The molecule has 0 aromatic heterocycles. The van der Waals surface area contributed by atoms with Gasteiger partial charge >= 0.3 is 5.97 Å². The van der Waals surface area contributed by atoms with Crippen LogP contribution < -0.4 is 0 Å². The molecule has 2 aromatic carbocycles. The largest absolute Gasteiger partial charge is 0.467 e. The highest BCUT2D eigenvalue weighted by Crippen LogP contribution is 2.26. The molecule has 6 nitrogen and oxygen atoms in total. The Morgan fingerprint density at radius 1 is 0.909 bits per heavy atom. The van der Waals surface area contributed by atoms with Gasteiger partial charge in [0.1, 0.15) is 6.61 Å². The summed E-state index contributed by atoms with van der Waals surface area (Å²) in [5.74, 6) is 0.469. The van der Waals surface area contributed by atoms with Crippen molar-refractivity contribution in [2.75, 3.05) is 33.4 Å². The smallest absolute Gasteiger partial charge is 0.331 e. The number of nitrogens with zero attached hydrogens (tertiary/aromatic N) is 2. The molecule has 4 rings (SSSR count). The minimum absolute atomic E-state index is 0.0795. The van der Waals surface area contributed by atoms with Gasteiger partial charge in [-0.05, 0) is 55.7 Å². The van der Waals surface area contributed by atoms with Gasteiger partial charge in [0.15, 0.2) is 0 Å². The Bertz CT molecular complexity index is 845. The molecule has 1 atom stereocenters. The quantitative estimate of drug-likeness (QED) is 0.681. The van der Waals surface area contributed by atoms with Crippen LogP contribution in [0, 0.1) is 5.92 Å². The third kappa shape index (κ3) is 7.69. The lowest BCUT2D eigenvalue weighted by Crippen LogP contribution is -2.48. The first-order valence-corrected chi connectivity index (χ1v) is 11.9. The molecule has 178 valence electrons. The Kier molecular flexibility index (Phi) is 9.91. The number of benzene rings is 2. The summed E-state index contributed by atoms with van der Waals surface area (Å²) in [7, 11) is 1.22. The number of esters is 1. The highest BCUT2D eigenvalue weighted by atomic mass is 16.5. The second-order valence-corrected chi connectivity index (χ2v) is 8.81. The maximum atomic E-state index is 13.2. The van der Waals surface area contributed by atoms with Crippen LogP contribution in [0.1, 0.15) is 36.8 Å². The molecule has 0 radical (unpaired) electrons. The van der Waals surface area contributed by atoms with Crippen LogP contribution in [0.3, 0.4) is 0 Å². The highest BCUT2D eigenvalue weighted by Gasteiger charge is 2.34. The van der Waals surface area contributed by atoms with Crippen molar-refractivity contribution in [2.24, 2.45) is 5.92 Å². The molecule has 2 aliphatic heterocycles. The molecule has 2 aliphatic rings. The Balaban J connectivity index is 0.000000454. The summed E-state index contributed by atoms with van der Waals surface area (Å²) in [4.78, 5) is 27.4. The second-order valence-electron chi connectivity index (χ2n) is 8.81. The van der Waals surface area contributed by atoms with E-state index >= 15 is 0 Å². The number of aliphatic hydroxyl groups is 1. The van der Waals surface area contributed by atoms with Gasteiger partial charge in [0.25, 0.3) is 0 Å². The van der Waals surface area contributed by atoms with Crippen LogP contribution in [-0.2, 0) is 27.3 Å². The molecule has 0 unspecified atom stereocenters. The number of aliphatic hydroxyl groups excluding tert-OH is 1. The SMILES string of the molecule is COC(=O)CO.O=C([C@@H]1CCCN1Cc1ccccc1)N1CCC(Cc2ccccc2)CC1. The number of rotatable bonds is 6. The van der Waals surface area contributed by atoms with Crippen LogP contribution in [0.5, 0.6) is 0 Å². The summed E-state index contributed by atoms with van der Waals surface area (Å²) in [6, 6.07) is 21.4. The molecular formula is C27H36N2O4. The second kappa shape index (κ2) is 13.1. The molecule has 2 aromatic rings. The zero-order valence-electron chi connectivity index (χ0n) is 19.6. The molecule has 2 heterocycles. The Labute approximate surface area is 197 Å². The third-order valence-corrected chi connectivity index (χ3v) is 6.53. The van der Waals surface area contributed by atoms with E-state index < -0.39 is 12.6 Å². The van der Waals surface area contributed by atoms with E-state index in [9.17, 15) is 9.59 Å². The van der Waals surface area contributed by atoms with Crippen LogP contribution in [-0.4, -0.2) is 66.2 Å². The van der Waals surface area contributed by atoms with Crippen LogP contribution in [0.15, 0.2) is 60.7 Å². The van der Waals surface area contributed by atoms with E-state index in [1.807, 2.05) is 0 Å². The minimum atomic E-state index is -0.602. The molecule has 2 saturated heterocycles. The predicted molar refractivity (Wildman–Crippen MR) is 128 cm³/mol. The zero-order chi connectivity index (χ0) is 23.5. The minimum Gasteiger partial charge on any atom is -0.467 e. The summed E-state index contributed by atoms with van der Waals surface area (Å²) >= 11 is 0. The van der Waals surface area contributed by atoms with Crippen LogP contribution in [0.2, 0.25) is 0 Å². The average Bonchev–Trinajstić information content (AvgIpc) is 3.33. The van der Waals surface area contributed by atoms with E-state index in [1.54, 1.807) is 0 Å². The number of piperidine rings is 1. The van der Waals surface area contributed by atoms with Crippen molar-refractivity contribution in [3.8, 4) is 0 Å². The molecular weight excluding hydrogens is 416 g/mol. The predicted octanol–water partition coefficient (Wildman–Crippen LogP) is 3.28. The van der Waals surface area contributed by atoms with Gasteiger partial charge in [-0.1, -0.05) is 60.7 Å². The molecule has 2 fully saturated rings. The van der Waals surface area contributed by atoms with Crippen LogP contribution in [0.4, 0.5) is 0 Å². The monoisotopic (exact) mass is 452 g/mol. The summed E-state index contributed by atoms with van der Waals surface area (Å²) in [5.41, 5.74) is 2.73. The summed E-state index contributed by atoms with van der Waals surface area (Å²) < 4.78 is 4.01. The van der Waals surface area contributed by atoms with Crippen molar-refractivity contribution in [3.63, 3.8) is 0 Å². The van der Waals surface area contributed by atoms with E-state index in [1.165, 1.54) is 18.2 Å². The maximum Gasteiger partial charge on any atom is 0.331 e. The van der Waals surface area contributed by atoms with Crippen LogP contribution >= 0.6 is 0 Å². The first-order valence-electron chi connectivity index (χ1n) is 11.9. The van der Waals surface area contributed by atoms with Crippen molar-refractivity contribution >= 4 is 11.9 Å². The number of likely N-dealkylation sites (tertiary alicyclic amines) is 2. The number of amides is 1.